The molecule has 1 saturated heterocycles. The van der Waals surface area contributed by atoms with Crippen molar-refractivity contribution in [2.75, 3.05) is 6.54 Å². The number of halogens is 1. The molecule has 1 fully saturated rings. The SMILES string of the molecule is C[C@@H](NC(=O)[C@H](O)[C@@H](O)C(=O)N1CC(C)(C)C[C@]1(C)c1cccc(Cl)c1)c1ccc(-n2cccn2)cc1. The molecule has 1 aliphatic rings. The van der Waals surface area contributed by atoms with E-state index in [0.717, 1.165) is 16.8 Å². The molecular weight excluding hydrogens is 492 g/mol. The number of aliphatic hydroxyl groups excluding tert-OH is 2. The van der Waals surface area contributed by atoms with Gasteiger partial charge in [0.05, 0.1) is 17.3 Å². The van der Waals surface area contributed by atoms with Crippen LogP contribution in [0.2, 0.25) is 5.02 Å². The number of benzene rings is 2. The van der Waals surface area contributed by atoms with Crippen LogP contribution >= 0.6 is 11.6 Å². The fourth-order valence-electron chi connectivity index (χ4n) is 5.25. The van der Waals surface area contributed by atoms with Gasteiger partial charge in [-0.2, -0.15) is 5.10 Å². The standard InChI is InChI=1S/C28H33ClN4O4/c1-18(19-9-11-22(12-10-19)33-14-6-13-30-33)31-25(36)23(34)24(35)26(37)32-17-27(2,3)16-28(32,4)20-7-5-8-21(29)15-20/h5-15,18,23-24,34-35H,16-17H2,1-4H3,(H,31,36)/t18-,23-,24-,28-/m1/s1. The first-order valence-electron chi connectivity index (χ1n) is 12.3. The molecule has 3 N–H and O–H groups in total. The van der Waals surface area contributed by atoms with E-state index in [1.807, 2.05) is 69.4 Å². The molecule has 3 aromatic rings. The number of rotatable bonds is 7. The monoisotopic (exact) mass is 524 g/mol. The molecule has 196 valence electrons. The Morgan fingerprint density at radius 3 is 2.38 bits per heavy atom. The highest BCUT2D eigenvalue weighted by Crippen LogP contribution is 2.48. The second-order valence-electron chi connectivity index (χ2n) is 10.7. The van der Waals surface area contributed by atoms with Gasteiger partial charge in [0.1, 0.15) is 0 Å². The zero-order chi connectivity index (χ0) is 27.0. The maximum Gasteiger partial charge on any atom is 0.255 e. The molecule has 2 amide bonds. The van der Waals surface area contributed by atoms with Crippen molar-refractivity contribution in [3.8, 4) is 5.69 Å². The highest BCUT2D eigenvalue weighted by Gasteiger charge is 2.51. The number of nitrogens with zero attached hydrogens (tertiary/aromatic N) is 3. The van der Waals surface area contributed by atoms with E-state index in [4.69, 9.17) is 11.6 Å². The molecule has 0 bridgehead atoms. The third kappa shape index (κ3) is 5.56. The summed E-state index contributed by atoms with van der Waals surface area (Å²) >= 11 is 6.22. The molecule has 9 heteroatoms. The van der Waals surface area contributed by atoms with Gasteiger partial charge in [0.15, 0.2) is 12.2 Å². The molecule has 4 atom stereocenters. The third-order valence-corrected chi connectivity index (χ3v) is 7.29. The van der Waals surface area contributed by atoms with Crippen molar-refractivity contribution in [2.24, 2.45) is 5.41 Å². The number of carbonyl (C=O) groups excluding carboxylic acids is 2. The van der Waals surface area contributed by atoms with Crippen LogP contribution in [0.4, 0.5) is 0 Å². The summed E-state index contributed by atoms with van der Waals surface area (Å²) in [6.07, 6.45) is 0.304. The van der Waals surface area contributed by atoms with Gasteiger partial charge >= 0.3 is 0 Å². The summed E-state index contributed by atoms with van der Waals surface area (Å²) in [5.74, 6) is -1.53. The minimum atomic E-state index is -1.93. The first kappa shape index (κ1) is 26.9. The van der Waals surface area contributed by atoms with Crippen LogP contribution in [0.5, 0.6) is 0 Å². The molecule has 4 rings (SSSR count). The van der Waals surface area contributed by atoms with Gasteiger partial charge in [0, 0.05) is 24.0 Å². The van der Waals surface area contributed by atoms with Crippen LogP contribution in [0.3, 0.4) is 0 Å². The predicted octanol–water partition coefficient (Wildman–Crippen LogP) is 3.60. The normalized spacial score (nSPS) is 21.3. The first-order chi connectivity index (χ1) is 17.4. The summed E-state index contributed by atoms with van der Waals surface area (Å²) in [5, 5.41) is 28.9. The van der Waals surface area contributed by atoms with Crippen LogP contribution in [0.25, 0.3) is 5.69 Å². The number of aromatic nitrogens is 2. The zero-order valence-electron chi connectivity index (χ0n) is 21.4. The Kier molecular flexibility index (Phi) is 7.46. The van der Waals surface area contributed by atoms with Crippen molar-refractivity contribution >= 4 is 23.4 Å². The number of nitrogens with one attached hydrogen (secondary N) is 1. The van der Waals surface area contributed by atoms with E-state index in [-0.39, 0.29) is 5.41 Å². The van der Waals surface area contributed by atoms with Crippen LogP contribution < -0.4 is 5.32 Å². The van der Waals surface area contributed by atoms with E-state index in [1.54, 1.807) is 34.8 Å². The van der Waals surface area contributed by atoms with Gasteiger partial charge in [-0.15, -0.1) is 0 Å². The van der Waals surface area contributed by atoms with Gasteiger partial charge < -0.3 is 20.4 Å². The number of aliphatic hydroxyl groups is 2. The van der Waals surface area contributed by atoms with Crippen LogP contribution in [0, 0.1) is 5.41 Å². The molecule has 2 heterocycles. The molecule has 2 aromatic carbocycles. The quantitative estimate of drug-likeness (QED) is 0.438. The van der Waals surface area contributed by atoms with Gasteiger partial charge in [-0.3, -0.25) is 9.59 Å². The molecular formula is C28H33ClN4O4. The molecule has 0 radical (unpaired) electrons. The van der Waals surface area contributed by atoms with Crippen LogP contribution in [-0.2, 0) is 15.1 Å². The summed E-state index contributed by atoms with van der Waals surface area (Å²) in [7, 11) is 0. The lowest BCUT2D eigenvalue weighted by Crippen LogP contribution is -2.54. The summed E-state index contributed by atoms with van der Waals surface area (Å²) in [5.41, 5.74) is 1.50. The van der Waals surface area contributed by atoms with Crippen molar-refractivity contribution in [2.45, 2.75) is 57.9 Å². The van der Waals surface area contributed by atoms with E-state index in [2.05, 4.69) is 10.4 Å². The number of carbonyl (C=O) groups is 2. The Morgan fingerprint density at radius 1 is 1.05 bits per heavy atom. The third-order valence-electron chi connectivity index (χ3n) is 7.06. The summed E-state index contributed by atoms with van der Waals surface area (Å²) in [6.45, 7) is 8.12. The Labute approximate surface area is 221 Å². The van der Waals surface area contributed by atoms with Crippen LogP contribution in [0.15, 0.2) is 67.0 Å². The smallest absolute Gasteiger partial charge is 0.255 e. The Morgan fingerprint density at radius 2 is 1.76 bits per heavy atom. The molecule has 0 aliphatic carbocycles. The number of likely N-dealkylation sites (tertiary alicyclic amines) is 1. The van der Waals surface area contributed by atoms with E-state index >= 15 is 0 Å². The van der Waals surface area contributed by atoms with Crippen LogP contribution in [0.1, 0.15) is 51.3 Å². The van der Waals surface area contributed by atoms with Crippen molar-refractivity contribution < 1.29 is 19.8 Å². The number of hydrogen-bond acceptors (Lipinski definition) is 5. The van der Waals surface area contributed by atoms with Gasteiger partial charge in [0.25, 0.3) is 11.8 Å². The maximum absolute atomic E-state index is 13.5. The fourth-order valence-corrected chi connectivity index (χ4v) is 5.44. The second kappa shape index (κ2) is 10.3. The maximum atomic E-state index is 13.5. The van der Waals surface area contributed by atoms with Gasteiger partial charge in [0.2, 0.25) is 0 Å². The molecule has 0 unspecified atom stereocenters. The van der Waals surface area contributed by atoms with Crippen molar-refractivity contribution in [3.63, 3.8) is 0 Å². The van der Waals surface area contributed by atoms with Gasteiger partial charge in [-0.1, -0.05) is 49.7 Å². The molecule has 1 aromatic heterocycles. The molecule has 1 aliphatic heterocycles. The average Bonchev–Trinajstić information content (AvgIpc) is 3.49. The highest BCUT2D eigenvalue weighted by atomic mass is 35.5. The fraction of sp³-hybridized carbons (Fsp3) is 0.393. The second-order valence-corrected chi connectivity index (χ2v) is 11.1. The van der Waals surface area contributed by atoms with E-state index in [1.165, 1.54) is 0 Å². The molecule has 0 saturated carbocycles. The minimum Gasteiger partial charge on any atom is -0.380 e. The number of hydrogen-bond donors (Lipinski definition) is 3. The molecule has 37 heavy (non-hydrogen) atoms. The average molecular weight is 525 g/mol. The highest BCUT2D eigenvalue weighted by molar-refractivity contribution is 6.30. The Balaban J connectivity index is 1.46. The van der Waals surface area contributed by atoms with Crippen molar-refractivity contribution in [1.82, 2.24) is 20.0 Å². The lowest BCUT2D eigenvalue weighted by Gasteiger charge is -2.37. The largest absolute Gasteiger partial charge is 0.380 e. The summed E-state index contributed by atoms with van der Waals surface area (Å²) in [6, 6.07) is 16.1. The zero-order valence-corrected chi connectivity index (χ0v) is 22.2. The minimum absolute atomic E-state index is 0.240. The van der Waals surface area contributed by atoms with E-state index in [0.29, 0.717) is 18.0 Å². The lowest BCUT2D eigenvalue weighted by atomic mass is 9.81. The first-order valence-corrected chi connectivity index (χ1v) is 12.6. The number of amides is 2. The van der Waals surface area contributed by atoms with E-state index in [9.17, 15) is 19.8 Å². The predicted molar refractivity (Wildman–Crippen MR) is 141 cm³/mol. The molecule has 8 nitrogen and oxygen atoms in total. The lowest BCUT2D eigenvalue weighted by molar-refractivity contribution is -0.156. The summed E-state index contributed by atoms with van der Waals surface area (Å²) < 4.78 is 1.72. The van der Waals surface area contributed by atoms with Crippen molar-refractivity contribution in [1.29, 1.82) is 0 Å². The van der Waals surface area contributed by atoms with Gasteiger partial charge in [-0.05, 0) is 67.1 Å². The van der Waals surface area contributed by atoms with Gasteiger partial charge in [-0.25, -0.2) is 4.68 Å². The van der Waals surface area contributed by atoms with E-state index < -0.39 is 35.6 Å². The van der Waals surface area contributed by atoms with Crippen LogP contribution in [-0.4, -0.2) is 55.5 Å². The van der Waals surface area contributed by atoms with Crippen molar-refractivity contribution in [3.05, 3.63) is 83.1 Å². The Hall–Kier alpha value is -3.20. The Bertz CT molecular complexity index is 1260. The summed E-state index contributed by atoms with van der Waals surface area (Å²) in [4.78, 5) is 27.8. The topological polar surface area (TPSA) is 108 Å². The molecule has 0 spiro atoms.